The van der Waals surface area contributed by atoms with Crippen LogP contribution in [0.5, 0.6) is 0 Å². The monoisotopic (exact) mass is 217 g/mol. The lowest BCUT2D eigenvalue weighted by Gasteiger charge is -1.97. The first kappa shape index (κ1) is 8.20. The number of rotatable bonds is 1. The molecule has 0 aromatic carbocycles. The molecular formula is C7H5BrFNO. The second kappa shape index (κ2) is 3.00. The maximum Gasteiger partial charge on any atom is 0.156 e. The highest BCUT2D eigenvalue weighted by molar-refractivity contribution is 9.10. The molecule has 2 nitrogen and oxygen atoms in total. The van der Waals surface area contributed by atoms with E-state index in [0.29, 0.717) is 0 Å². The minimum absolute atomic E-state index is 0.0743. The van der Waals surface area contributed by atoms with Crippen molar-refractivity contribution in [3.05, 3.63) is 34.8 Å². The molecule has 0 aliphatic carbocycles. The highest BCUT2D eigenvalue weighted by atomic mass is 79.9. The fourth-order valence-corrected chi connectivity index (χ4v) is 0.901. The van der Waals surface area contributed by atoms with Gasteiger partial charge in [0.2, 0.25) is 0 Å². The largest absolute Gasteiger partial charge is 0.506 e. The summed E-state index contributed by atoms with van der Waals surface area (Å²) >= 11 is 2.88. The Morgan fingerprint density at radius 3 is 2.73 bits per heavy atom. The molecule has 0 aliphatic rings. The van der Waals surface area contributed by atoms with Gasteiger partial charge in [0.1, 0.15) is 16.1 Å². The fourth-order valence-electron chi connectivity index (χ4n) is 0.578. The highest BCUT2D eigenvalue weighted by Gasteiger charge is 2.02. The van der Waals surface area contributed by atoms with E-state index in [1.165, 1.54) is 12.1 Å². The Morgan fingerprint density at radius 1 is 1.64 bits per heavy atom. The van der Waals surface area contributed by atoms with E-state index in [4.69, 9.17) is 5.11 Å². The van der Waals surface area contributed by atoms with Gasteiger partial charge in [0.25, 0.3) is 0 Å². The van der Waals surface area contributed by atoms with Gasteiger partial charge in [0, 0.05) is 0 Å². The minimum Gasteiger partial charge on any atom is -0.506 e. The van der Waals surface area contributed by atoms with Gasteiger partial charge in [-0.3, -0.25) is 0 Å². The van der Waals surface area contributed by atoms with Gasteiger partial charge in [0.05, 0.1) is 0 Å². The van der Waals surface area contributed by atoms with E-state index in [2.05, 4.69) is 27.5 Å². The van der Waals surface area contributed by atoms with Gasteiger partial charge in [0.15, 0.2) is 5.82 Å². The minimum atomic E-state index is -0.463. The van der Waals surface area contributed by atoms with Crippen LogP contribution in [-0.2, 0) is 0 Å². The molecule has 11 heavy (non-hydrogen) atoms. The number of aliphatic hydroxyl groups excluding tert-OH is 1. The fraction of sp³-hybridized carbons (Fsp3) is 0. The smallest absolute Gasteiger partial charge is 0.156 e. The average molecular weight is 218 g/mol. The summed E-state index contributed by atoms with van der Waals surface area (Å²) in [5, 5.41) is 8.84. The zero-order valence-corrected chi connectivity index (χ0v) is 7.10. The van der Waals surface area contributed by atoms with Crippen LogP contribution >= 0.6 is 15.9 Å². The Labute approximate surface area is 71.5 Å². The van der Waals surface area contributed by atoms with Crippen molar-refractivity contribution >= 4 is 21.7 Å². The Hall–Kier alpha value is -0.900. The van der Waals surface area contributed by atoms with Gasteiger partial charge in [-0.25, -0.2) is 9.37 Å². The topological polar surface area (TPSA) is 33.1 Å². The van der Waals surface area contributed by atoms with Gasteiger partial charge < -0.3 is 5.11 Å². The van der Waals surface area contributed by atoms with Crippen molar-refractivity contribution in [2.45, 2.75) is 0 Å². The Balaban J connectivity index is 3.15. The summed E-state index contributed by atoms with van der Waals surface area (Å²) in [7, 11) is 0. The van der Waals surface area contributed by atoms with E-state index in [1.54, 1.807) is 0 Å². The predicted molar refractivity (Wildman–Crippen MR) is 43.6 cm³/mol. The van der Waals surface area contributed by atoms with Gasteiger partial charge in [-0.05, 0) is 28.1 Å². The van der Waals surface area contributed by atoms with Crippen molar-refractivity contribution in [2.75, 3.05) is 0 Å². The molecule has 1 rings (SSSR count). The molecule has 0 spiro atoms. The third-order valence-electron chi connectivity index (χ3n) is 1.10. The number of aliphatic hydroxyl groups is 1. The number of hydrogen-bond donors (Lipinski definition) is 1. The van der Waals surface area contributed by atoms with E-state index in [9.17, 15) is 4.39 Å². The molecule has 0 saturated heterocycles. The van der Waals surface area contributed by atoms with E-state index in [0.717, 1.165) is 0 Å². The highest BCUT2D eigenvalue weighted by Crippen LogP contribution is 2.15. The molecule has 0 saturated carbocycles. The van der Waals surface area contributed by atoms with E-state index in [-0.39, 0.29) is 16.1 Å². The maximum atomic E-state index is 12.5. The first-order chi connectivity index (χ1) is 5.11. The van der Waals surface area contributed by atoms with Crippen LogP contribution in [0.25, 0.3) is 5.76 Å². The Morgan fingerprint density at radius 2 is 2.27 bits per heavy atom. The van der Waals surface area contributed by atoms with E-state index < -0.39 is 5.82 Å². The third kappa shape index (κ3) is 1.77. The van der Waals surface area contributed by atoms with Crippen LogP contribution in [0.2, 0.25) is 0 Å². The first-order valence-electron chi connectivity index (χ1n) is 2.81. The molecule has 1 heterocycles. The summed E-state index contributed by atoms with van der Waals surface area (Å²) in [6.07, 6.45) is 0. The second-order valence-corrected chi connectivity index (χ2v) is 2.67. The molecule has 1 aromatic heterocycles. The molecule has 0 aliphatic heterocycles. The quantitative estimate of drug-likeness (QED) is 0.580. The summed E-state index contributed by atoms with van der Waals surface area (Å²) in [5.74, 6) is -0.638. The van der Waals surface area contributed by atoms with Gasteiger partial charge in [-0.15, -0.1) is 0 Å². The lowest BCUT2D eigenvalue weighted by atomic mass is 10.3. The lowest BCUT2D eigenvalue weighted by Crippen LogP contribution is -1.89. The maximum absolute atomic E-state index is 12.5. The molecular weight excluding hydrogens is 213 g/mol. The van der Waals surface area contributed by atoms with Crippen molar-refractivity contribution in [2.24, 2.45) is 0 Å². The van der Waals surface area contributed by atoms with Crippen molar-refractivity contribution in [1.29, 1.82) is 0 Å². The van der Waals surface area contributed by atoms with Gasteiger partial charge in [-0.1, -0.05) is 6.58 Å². The van der Waals surface area contributed by atoms with Crippen LogP contribution < -0.4 is 0 Å². The molecule has 0 amide bonds. The first-order valence-corrected chi connectivity index (χ1v) is 3.61. The number of nitrogens with zero attached hydrogens (tertiary/aromatic N) is 1. The molecule has 0 radical (unpaired) electrons. The molecule has 0 bridgehead atoms. The Kier molecular flexibility index (Phi) is 2.24. The number of hydrogen-bond acceptors (Lipinski definition) is 2. The van der Waals surface area contributed by atoms with Crippen molar-refractivity contribution in [1.82, 2.24) is 4.98 Å². The SMILES string of the molecule is C=C(O)c1ccc(F)c(Br)n1. The summed E-state index contributed by atoms with van der Waals surface area (Å²) in [4.78, 5) is 3.66. The molecule has 58 valence electrons. The van der Waals surface area contributed by atoms with Crippen molar-refractivity contribution in [3.63, 3.8) is 0 Å². The van der Waals surface area contributed by atoms with Crippen molar-refractivity contribution in [3.8, 4) is 0 Å². The summed E-state index contributed by atoms with van der Waals surface area (Å²) in [6, 6.07) is 2.55. The lowest BCUT2D eigenvalue weighted by molar-refractivity contribution is 0.509. The number of pyridine rings is 1. The van der Waals surface area contributed by atoms with Gasteiger partial charge >= 0.3 is 0 Å². The summed E-state index contributed by atoms with van der Waals surface area (Å²) in [5.41, 5.74) is 0.262. The molecule has 0 atom stereocenters. The molecule has 1 N–H and O–H groups in total. The average Bonchev–Trinajstić information content (AvgIpc) is 1.94. The van der Waals surface area contributed by atoms with Crippen LogP contribution in [0.15, 0.2) is 23.3 Å². The zero-order valence-electron chi connectivity index (χ0n) is 5.51. The zero-order chi connectivity index (χ0) is 8.43. The van der Waals surface area contributed by atoms with Crippen LogP contribution in [0, 0.1) is 5.82 Å². The number of aromatic nitrogens is 1. The Bertz CT molecular complexity index is 300. The van der Waals surface area contributed by atoms with E-state index >= 15 is 0 Å². The van der Waals surface area contributed by atoms with Crippen LogP contribution in [0.3, 0.4) is 0 Å². The molecule has 1 aromatic rings. The second-order valence-electron chi connectivity index (χ2n) is 1.92. The third-order valence-corrected chi connectivity index (χ3v) is 1.65. The van der Waals surface area contributed by atoms with Crippen molar-refractivity contribution < 1.29 is 9.50 Å². The normalized spacial score (nSPS) is 9.64. The van der Waals surface area contributed by atoms with Crippen LogP contribution in [0.4, 0.5) is 4.39 Å². The molecule has 0 fully saturated rings. The summed E-state index contributed by atoms with van der Waals surface area (Å²) < 4.78 is 12.6. The van der Waals surface area contributed by atoms with Gasteiger partial charge in [-0.2, -0.15) is 0 Å². The standard InChI is InChI=1S/C7H5BrFNO/c1-4(11)6-3-2-5(9)7(8)10-6/h2-3,11H,1H2. The van der Waals surface area contributed by atoms with Crippen LogP contribution in [-0.4, -0.2) is 10.1 Å². The van der Waals surface area contributed by atoms with Crippen LogP contribution in [0.1, 0.15) is 5.69 Å². The molecule has 4 heteroatoms. The predicted octanol–water partition coefficient (Wildman–Crippen LogP) is 2.51. The van der Waals surface area contributed by atoms with E-state index in [1.807, 2.05) is 0 Å². The molecule has 0 unspecified atom stereocenters. The number of halogens is 2. The summed E-state index contributed by atoms with van der Waals surface area (Å²) in [6.45, 7) is 3.25.